The van der Waals surface area contributed by atoms with Crippen molar-refractivity contribution in [3.63, 3.8) is 0 Å². The van der Waals surface area contributed by atoms with E-state index < -0.39 is 6.04 Å². The van der Waals surface area contributed by atoms with Crippen LogP contribution in [0.15, 0.2) is 30.6 Å². The van der Waals surface area contributed by atoms with E-state index in [-0.39, 0.29) is 24.4 Å². The van der Waals surface area contributed by atoms with Crippen LogP contribution in [0.5, 0.6) is 5.75 Å². The summed E-state index contributed by atoms with van der Waals surface area (Å²) in [6, 6.07) is 5.58. The lowest BCUT2D eigenvalue weighted by Gasteiger charge is -2.18. The lowest BCUT2D eigenvalue weighted by molar-refractivity contribution is -0.123. The third-order valence-electron chi connectivity index (χ3n) is 3.65. The van der Waals surface area contributed by atoms with E-state index in [1.165, 1.54) is 0 Å². The Morgan fingerprint density at radius 2 is 2.08 bits per heavy atom. The minimum Gasteiger partial charge on any atom is -0.491 e. The van der Waals surface area contributed by atoms with Gasteiger partial charge in [0.05, 0.1) is 12.3 Å². The Hall–Kier alpha value is -2.05. The number of aromatic nitrogens is 2. The number of carbonyl (C=O) groups excluding carboxylic acids is 1. The van der Waals surface area contributed by atoms with Crippen LogP contribution in [0.1, 0.15) is 36.6 Å². The van der Waals surface area contributed by atoms with E-state index in [9.17, 15) is 4.79 Å². The second kappa shape index (κ2) is 9.44. The number of rotatable bonds is 7. The molecule has 2 aromatic rings. The van der Waals surface area contributed by atoms with Gasteiger partial charge in [-0.2, -0.15) is 5.10 Å². The van der Waals surface area contributed by atoms with Crippen molar-refractivity contribution in [2.45, 2.75) is 39.5 Å². The number of carbonyl (C=O) groups is 1. The molecule has 0 radical (unpaired) electrons. The van der Waals surface area contributed by atoms with Gasteiger partial charge in [0, 0.05) is 30.9 Å². The van der Waals surface area contributed by atoms with E-state index in [4.69, 9.17) is 4.74 Å². The molecular weight excluding hydrogens is 340 g/mol. The molecule has 1 unspecified atom stereocenters. The van der Waals surface area contributed by atoms with Crippen molar-refractivity contribution in [1.82, 2.24) is 20.4 Å². The third kappa shape index (κ3) is 5.76. The van der Waals surface area contributed by atoms with E-state index in [2.05, 4.69) is 15.7 Å². The van der Waals surface area contributed by atoms with Gasteiger partial charge in [0.25, 0.3) is 0 Å². The molecule has 0 saturated carbocycles. The van der Waals surface area contributed by atoms with Crippen LogP contribution in [0.3, 0.4) is 0 Å². The average Bonchev–Trinajstić information content (AvgIpc) is 2.93. The fraction of sp³-hybridized carbons (Fsp3) is 0.444. The number of halogens is 1. The van der Waals surface area contributed by atoms with Crippen molar-refractivity contribution in [3.05, 3.63) is 47.3 Å². The summed E-state index contributed by atoms with van der Waals surface area (Å²) in [6.45, 7) is 6.42. The number of hydrogen-bond acceptors (Lipinski definition) is 4. The van der Waals surface area contributed by atoms with E-state index in [0.717, 1.165) is 22.4 Å². The van der Waals surface area contributed by atoms with Gasteiger partial charge in [0.1, 0.15) is 11.8 Å². The summed E-state index contributed by atoms with van der Waals surface area (Å²) in [5, 5.41) is 10.1. The van der Waals surface area contributed by atoms with Crippen LogP contribution in [0.25, 0.3) is 0 Å². The third-order valence-corrected chi connectivity index (χ3v) is 3.65. The minimum atomic E-state index is -0.432. The molecule has 1 aromatic heterocycles. The number of nitrogens with zero attached hydrogens (tertiary/aromatic N) is 2. The number of benzene rings is 1. The van der Waals surface area contributed by atoms with Crippen LogP contribution >= 0.6 is 12.4 Å². The zero-order chi connectivity index (χ0) is 17.7. The highest BCUT2D eigenvalue weighted by atomic mass is 35.5. The van der Waals surface area contributed by atoms with Crippen LogP contribution in [0.4, 0.5) is 0 Å². The van der Waals surface area contributed by atoms with Crippen molar-refractivity contribution >= 4 is 18.3 Å². The van der Waals surface area contributed by atoms with Crippen molar-refractivity contribution in [3.8, 4) is 5.75 Å². The van der Waals surface area contributed by atoms with Gasteiger partial charge in [0.2, 0.25) is 5.91 Å². The second-order valence-electron chi connectivity index (χ2n) is 6.16. The Morgan fingerprint density at radius 3 is 2.64 bits per heavy atom. The molecule has 6 nitrogen and oxygen atoms in total. The molecule has 138 valence electrons. The van der Waals surface area contributed by atoms with Crippen molar-refractivity contribution in [1.29, 1.82) is 0 Å². The highest BCUT2D eigenvalue weighted by molar-refractivity contribution is 5.85. The van der Waals surface area contributed by atoms with Crippen molar-refractivity contribution < 1.29 is 9.53 Å². The highest BCUT2D eigenvalue weighted by Crippen LogP contribution is 2.22. The van der Waals surface area contributed by atoms with Crippen LogP contribution in [0.2, 0.25) is 0 Å². The van der Waals surface area contributed by atoms with Crippen LogP contribution < -0.4 is 15.4 Å². The predicted octanol–water partition coefficient (Wildman–Crippen LogP) is 2.51. The molecule has 0 aliphatic carbocycles. The summed E-state index contributed by atoms with van der Waals surface area (Å²) in [4.78, 5) is 12.5. The van der Waals surface area contributed by atoms with Crippen LogP contribution in [-0.4, -0.2) is 28.8 Å². The Morgan fingerprint density at radius 1 is 1.36 bits per heavy atom. The molecule has 1 atom stereocenters. The molecule has 0 aliphatic rings. The van der Waals surface area contributed by atoms with Crippen molar-refractivity contribution in [2.75, 3.05) is 7.05 Å². The zero-order valence-electron chi connectivity index (χ0n) is 15.4. The van der Waals surface area contributed by atoms with Gasteiger partial charge in [-0.25, -0.2) is 0 Å². The molecule has 2 rings (SSSR count). The maximum atomic E-state index is 12.5. The quantitative estimate of drug-likeness (QED) is 0.790. The highest BCUT2D eigenvalue weighted by Gasteiger charge is 2.20. The number of hydrogen-bond donors (Lipinski definition) is 2. The summed E-state index contributed by atoms with van der Waals surface area (Å²) in [5.41, 5.74) is 2.92. The molecule has 1 amide bonds. The molecule has 0 spiro atoms. The van der Waals surface area contributed by atoms with Gasteiger partial charge >= 0.3 is 0 Å². The molecule has 0 fully saturated rings. The molecule has 7 heteroatoms. The summed E-state index contributed by atoms with van der Waals surface area (Å²) in [5.74, 6) is 0.717. The Kier molecular flexibility index (Phi) is 7.93. The van der Waals surface area contributed by atoms with E-state index >= 15 is 0 Å². The maximum Gasteiger partial charge on any atom is 0.242 e. The first-order valence-electron chi connectivity index (χ1n) is 8.10. The molecule has 1 heterocycles. The lowest BCUT2D eigenvalue weighted by atomic mass is 10.1. The molecule has 0 bridgehead atoms. The molecule has 0 saturated heterocycles. The minimum absolute atomic E-state index is 0. The van der Waals surface area contributed by atoms with Gasteiger partial charge in [-0.1, -0.05) is 12.1 Å². The maximum absolute atomic E-state index is 12.5. The monoisotopic (exact) mass is 366 g/mol. The molecule has 1 aromatic carbocycles. The topological polar surface area (TPSA) is 68.2 Å². The summed E-state index contributed by atoms with van der Waals surface area (Å²) >= 11 is 0. The zero-order valence-corrected chi connectivity index (χ0v) is 16.2. The SMILES string of the molecule is CNC(C(=O)NCc1ccc(C)cc1OC(C)C)c1cnn(C)c1.Cl. The number of ether oxygens (including phenoxy) is 1. The molecule has 25 heavy (non-hydrogen) atoms. The Bertz CT molecular complexity index is 700. The largest absolute Gasteiger partial charge is 0.491 e. The average molecular weight is 367 g/mol. The van der Waals surface area contributed by atoms with E-state index in [1.54, 1.807) is 17.9 Å². The first-order chi connectivity index (χ1) is 11.4. The first-order valence-corrected chi connectivity index (χ1v) is 8.10. The number of likely N-dealkylation sites (N-methyl/N-ethyl adjacent to an activating group) is 1. The number of amides is 1. The summed E-state index contributed by atoms with van der Waals surface area (Å²) in [7, 11) is 3.59. The summed E-state index contributed by atoms with van der Waals surface area (Å²) < 4.78 is 7.54. The van der Waals surface area contributed by atoms with Gasteiger partial charge in [-0.3, -0.25) is 9.48 Å². The number of nitrogens with one attached hydrogen (secondary N) is 2. The normalized spacial score (nSPS) is 11.8. The predicted molar refractivity (Wildman–Crippen MR) is 101 cm³/mol. The number of aryl methyl sites for hydroxylation is 2. The standard InChI is InChI=1S/C18H26N4O2.ClH/c1-12(2)24-16-8-13(3)6-7-14(16)9-20-18(23)17(19-4)15-10-21-22(5)11-15;/h6-8,10-12,17,19H,9H2,1-5H3,(H,20,23);1H. The Labute approximate surface area is 155 Å². The van der Waals surface area contributed by atoms with E-state index in [1.807, 2.05) is 52.2 Å². The smallest absolute Gasteiger partial charge is 0.242 e. The van der Waals surface area contributed by atoms with Gasteiger partial charge in [-0.15, -0.1) is 12.4 Å². The molecule has 2 N–H and O–H groups in total. The van der Waals surface area contributed by atoms with Crippen molar-refractivity contribution in [2.24, 2.45) is 7.05 Å². The molecule has 0 aliphatic heterocycles. The fourth-order valence-corrected chi connectivity index (χ4v) is 2.49. The second-order valence-corrected chi connectivity index (χ2v) is 6.16. The molecular formula is C18H27ClN4O2. The van der Waals surface area contributed by atoms with Crippen LogP contribution in [-0.2, 0) is 18.4 Å². The van der Waals surface area contributed by atoms with Gasteiger partial charge in [0.15, 0.2) is 0 Å². The van der Waals surface area contributed by atoms with Gasteiger partial charge < -0.3 is 15.4 Å². The van der Waals surface area contributed by atoms with Crippen LogP contribution in [0, 0.1) is 6.92 Å². The lowest BCUT2D eigenvalue weighted by Crippen LogP contribution is -2.35. The fourth-order valence-electron chi connectivity index (χ4n) is 2.49. The van der Waals surface area contributed by atoms with E-state index in [0.29, 0.717) is 6.54 Å². The van der Waals surface area contributed by atoms with Gasteiger partial charge in [-0.05, 0) is 39.4 Å². The first kappa shape index (κ1) is 21.0. The Balaban J connectivity index is 0.00000312. The summed E-state index contributed by atoms with van der Waals surface area (Å²) in [6.07, 6.45) is 3.61.